The zero-order valence-corrected chi connectivity index (χ0v) is 37.3. The molecule has 2 aliphatic heterocycles. The van der Waals surface area contributed by atoms with Crippen LogP contribution >= 0.6 is 0 Å². The molecule has 24 nitrogen and oxygen atoms in total. The molecule has 6 heterocycles. The maximum atomic E-state index is 6.75. The predicted molar refractivity (Wildman–Crippen MR) is 254 cm³/mol. The van der Waals surface area contributed by atoms with Crippen LogP contribution in [-0.4, -0.2) is 23.1 Å². The van der Waals surface area contributed by atoms with Gasteiger partial charge in [-0.25, -0.2) is 9.13 Å². The first-order valence-electron chi connectivity index (χ1n) is 19.2. The number of aromatic nitrogens is 4. The van der Waals surface area contributed by atoms with Crippen molar-refractivity contribution in [1.29, 1.82) is 0 Å². The fraction of sp³-hybridized carbons (Fsp3) is 0.143. The van der Waals surface area contributed by atoms with E-state index in [9.17, 15) is 0 Å². The van der Waals surface area contributed by atoms with Crippen LogP contribution in [0.5, 0.6) is 0 Å². The van der Waals surface area contributed by atoms with Gasteiger partial charge < -0.3 is 66.4 Å². The summed E-state index contributed by atoms with van der Waals surface area (Å²) in [6, 6.07) is 47.2. The molecule has 0 amide bonds. The van der Waals surface area contributed by atoms with Crippen molar-refractivity contribution in [3.8, 4) is 0 Å². The molecule has 10 rings (SSSR count). The number of pyridine rings is 4. The van der Waals surface area contributed by atoms with Crippen LogP contribution in [0.4, 0.5) is 11.6 Å². The van der Waals surface area contributed by atoms with Gasteiger partial charge >= 0.3 is 34.1 Å². The minimum absolute atomic E-state index is 0. The molecule has 2 aliphatic rings. The minimum atomic E-state index is 0. The first-order valence-corrected chi connectivity index (χ1v) is 19.2. The third kappa shape index (κ3) is 15.1. The van der Waals surface area contributed by atoms with Gasteiger partial charge in [-0.3, -0.25) is 49.2 Å². The quantitative estimate of drug-likeness (QED) is 0.0414. The summed E-state index contributed by atoms with van der Waals surface area (Å²) in [6.07, 6.45) is 3.75. The summed E-state index contributed by atoms with van der Waals surface area (Å²) in [4.78, 5) is 22.9. The van der Waals surface area contributed by atoms with Crippen LogP contribution in [0.15, 0.2) is 146 Å². The molecule has 0 N–H and O–H groups in total. The SMILES string of the molecule is [Cu+2].[Cu+2].[N-]=[N+]=[N-].[N-]=[N+]=[N-].[N-]=[N+]=[N-].[N-]=[N+]=[N-].[N-]=[N+]=[N-].[N-]=[N+]=[N-].c1ccc(CN2CC[n+]3c2c2ccccc2c2ccccc23)nc1.c1ccc(CN2CC[n+]3c2c2ccccc2c2ccccc23)nc1. The monoisotopic (exact) mass is 1000 g/mol. The van der Waals surface area contributed by atoms with Gasteiger partial charge in [-0.2, -0.15) is 0 Å². The second-order valence-corrected chi connectivity index (χ2v) is 13.1. The van der Waals surface area contributed by atoms with E-state index in [1.54, 1.807) is 0 Å². The van der Waals surface area contributed by atoms with Crippen molar-refractivity contribution in [1.82, 2.24) is 9.97 Å². The third-order valence-electron chi connectivity index (χ3n) is 9.76. The van der Waals surface area contributed by atoms with Crippen LogP contribution < -0.4 is 18.9 Å². The van der Waals surface area contributed by atoms with Crippen molar-refractivity contribution < 1.29 is 43.3 Å². The molecule has 68 heavy (non-hydrogen) atoms. The summed E-state index contributed by atoms with van der Waals surface area (Å²) < 4.78 is 4.92. The molecule has 0 spiro atoms. The second kappa shape index (κ2) is 31.8. The third-order valence-corrected chi connectivity index (χ3v) is 9.76. The molecule has 0 bridgehead atoms. The smallest absolute Gasteiger partial charge is 0.373 e. The van der Waals surface area contributed by atoms with Gasteiger partial charge in [0.15, 0.2) is 0 Å². The largest absolute Gasteiger partial charge is 2.00 e. The van der Waals surface area contributed by atoms with Crippen molar-refractivity contribution >= 4 is 55.0 Å². The molecule has 0 fully saturated rings. The molecule has 346 valence electrons. The molecule has 2 radical (unpaired) electrons. The van der Waals surface area contributed by atoms with Crippen LogP contribution in [0.25, 0.3) is 139 Å². The Bertz CT molecular complexity index is 2800. The Kier molecular flexibility index (Phi) is 26.7. The Balaban J connectivity index is 0.000000495. The summed E-state index contributed by atoms with van der Waals surface area (Å²) >= 11 is 0. The summed E-state index contributed by atoms with van der Waals surface area (Å²) in [7, 11) is 0. The first kappa shape index (κ1) is 57.0. The normalized spacial score (nSPS) is 10.3. The van der Waals surface area contributed by atoms with E-state index in [1.807, 2.05) is 24.5 Å². The second-order valence-electron chi connectivity index (χ2n) is 13.1. The van der Waals surface area contributed by atoms with E-state index in [4.69, 9.17) is 66.4 Å². The topological polar surface area (TPSA) is 392 Å². The Morgan fingerprint density at radius 1 is 0.368 bits per heavy atom. The number of nitrogens with zero attached hydrogens (tertiary/aromatic N) is 24. The van der Waals surface area contributed by atoms with Gasteiger partial charge in [-0.05, 0) is 48.5 Å². The Labute approximate surface area is 408 Å². The van der Waals surface area contributed by atoms with Crippen molar-refractivity contribution in [2.24, 2.45) is 0 Å². The molecule has 26 heteroatoms. The number of hydrogen-bond donors (Lipinski definition) is 0. The van der Waals surface area contributed by atoms with E-state index in [-0.39, 0.29) is 34.1 Å². The number of fused-ring (bicyclic) bond motifs is 12. The van der Waals surface area contributed by atoms with Gasteiger partial charge in [0.2, 0.25) is 0 Å². The predicted octanol–water partition coefficient (Wildman–Crippen LogP) is 12.6. The maximum Gasteiger partial charge on any atom is 2.00 e. The number of benzene rings is 4. The van der Waals surface area contributed by atoms with E-state index in [1.165, 1.54) is 84.5 Å². The van der Waals surface area contributed by atoms with E-state index in [0.717, 1.165) is 50.7 Å². The molecular weight excluding hydrogens is 968 g/mol. The fourth-order valence-electron chi connectivity index (χ4n) is 7.69. The van der Waals surface area contributed by atoms with Crippen LogP contribution in [0.2, 0.25) is 0 Å². The van der Waals surface area contributed by atoms with Crippen molar-refractivity contribution in [3.05, 3.63) is 253 Å². The van der Waals surface area contributed by atoms with Crippen LogP contribution in [0.1, 0.15) is 11.4 Å². The summed E-state index contributed by atoms with van der Waals surface area (Å²) in [5.74, 6) is 2.63. The van der Waals surface area contributed by atoms with Crippen LogP contribution in [-0.2, 0) is 60.3 Å². The fourth-order valence-corrected chi connectivity index (χ4v) is 7.69. The average Bonchev–Trinajstić information content (AvgIpc) is 3.97. The zero-order chi connectivity index (χ0) is 48.1. The van der Waals surface area contributed by atoms with E-state index < -0.39 is 0 Å². The van der Waals surface area contributed by atoms with Gasteiger partial charge in [-0.15, -0.1) is 0 Å². The maximum absolute atomic E-state index is 6.75. The number of para-hydroxylation sites is 2. The molecule has 4 aromatic carbocycles. The van der Waals surface area contributed by atoms with Crippen molar-refractivity contribution in [3.63, 3.8) is 0 Å². The van der Waals surface area contributed by atoms with Gasteiger partial charge in [-0.1, -0.05) is 84.9 Å². The standard InChI is InChI=1S/2C21H18N3.2Cu.6N3/c2*1-2-10-19-17(8-1)18-9-3-4-11-20(18)24-14-13-23(21(19)24)15-16-7-5-6-12-22-16;;;6*1-3-2/h2*1-12H,13-15H2;;;;;;;;/q2*+1;2*+2;6*-1. The molecule has 0 atom stereocenters. The Morgan fingerprint density at radius 2 is 0.632 bits per heavy atom. The molecule has 8 aromatic rings. The van der Waals surface area contributed by atoms with Crippen molar-refractivity contribution in [2.45, 2.75) is 26.2 Å². The van der Waals surface area contributed by atoms with E-state index in [0.29, 0.717) is 0 Å². The molecule has 0 aliphatic carbocycles. The number of hydrogen-bond acceptors (Lipinski definition) is 4. The first-order chi connectivity index (χ1) is 32.3. The molecule has 0 saturated carbocycles. The molecule has 0 unspecified atom stereocenters. The Morgan fingerprint density at radius 3 is 0.926 bits per heavy atom. The number of anilines is 2. The van der Waals surface area contributed by atoms with Gasteiger partial charge in [0.05, 0.1) is 22.2 Å². The van der Waals surface area contributed by atoms with E-state index in [2.05, 4.69) is 150 Å². The van der Waals surface area contributed by atoms with Gasteiger partial charge in [0, 0.05) is 33.9 Å². The van der Waals surface area contributed by atoms with Crippen LogP contribution in [0, 0.1) is 0 Å². The van der Waals surface area contributed by atoms with E-state index >= 15 is 0 Å². The molecular formula is C42H36Cu2N24. The Hall–Kier alpha value is -8.98. The summed E-state index contributed by atoms with van der Waals surface area (Å²) in [6.45, 7) is 5.79. The molecule has 0 saturated heterocycles. The molecule has 4 aromatic heterocycles. The van der Waals surface area contributed by atoms with Crippen LogP contribution in [0.3, 0.4) is 0 Å². The number of rotatable bonds is 4. The van der Waals surface area contributed by atoms with Crippen molar-refractivity contribution in [2.75, 3.05) is 22.9 Å². The van der Waals surface area contributed by atoms with Gasteiger partial charge in [0.25, 0.3) is 11.6 Å². The average molecular weight is 1000 g/mol. The summed E-state index contributed by atoms with van der Waals surface area (Å²) in [5.41, 5.74) is 85.9. The zero-order valence-electron chi connectivity index (χ0n) is 35.4. The van der Waals surface area contributed by atoms with Gasteiger partial charge in [0.1, 0.15) is 50.3 Å². The minimum Gasteiger partial charge on any atom is -0.373 e. The summed E-state index contributed by atoms with van der Waals surface area (Å²) in [5, 5.41) is 7.96.